The second-order valence-electron chi connectivity index (χ2n) is 4.62. The molecule has 1 heterocycles. The van der Waals surface area contributed by atoms with E-state index in [4.69, 9.17) is 4.74 Å². The van der Waals surface area contributed by atoms with E-state index in [0.717, 1.165) is 26.2 Å². The first kappa shape index (κ1) is 13.4. The second-order valence-corrected chi connectivity index (χ2v) is 4.62. The topological polar surface area (TPSA) is 47.2 Å². The van der Waals surface area contributed by atoms with Crippen LogP contribution in [0.5, 0.6) is 0 Å². The Labute approximate surface area is 97.7 Å². The van der Waals surface area contributed by atoms with Gasteiger partial charge in [-0.15, -0.1) is 0 Å². The molecule has 0 aromatic carbocycles. The van der Waals surface area contributed by atoms with Gasteiger partial charge in [-0.2, -0.15) is 0 Å². The van der Waals surface area contributed by atoms with Crippen LogP contribution in [-0.4, -0.2) is 65.4 Å². The number of carbonyl (C=O) groups is 1. The highest BCUT2D eigenvalue weighted by Crippen LogP contribution is 1.77. The van der Waals surface area contributed by atoms with Crippen LogP contribution in [0.15, 0.2) is 0 Å². The van der Waals surface area contributed by atoms with Crippen LogP contribution >= 0.6 is 0 Å². The van der Waals surface area contributed by atoms with E-state index in [1.54, 1.807) is 12.0 Å². The Hall–Kier alpha value is -0.650. The number of rotatable bonds is 5. The molecule has 0 bridgehead atoms. The highest BCUT2D eigenvalue weighted by atomic mass is 16.5. The van der Waals surface area contributed by atoms with Gasteiger partial charge in [0.05, 0.1) is 13.7 Å². The smallest absolute Gasteiger partial charge is 0.278 e. The minimum Gasteiger partial charge on any atom is -0.383 e. The molecule has 0 aliphatic carbocycles. The fourth-order valence-electron chi connectivity index (χ4n) is 2.05. The number of quaternary nitrogens is 2. The van der Waals surface area contributed by atoms with E-state index in [1.807, 2.05) is 6.92 Å². The van der Waals surface area contributed by atoms with Crippen LogP contribution in [0.1, 0.15) is 6.92 Å². The van der Waals surface area contributed by atoms with E-state index in [9.17, 15) is 4.79 Å². The molecule has 1 aliphatic rings. The largest absolute Gasteiger partial charge is 0.383 e. The van der Waals surface area contributed by atoms with E-state index in [-0.39, 0.29) is 11.9 Å². The minimum atomic E-state index is 0.0601. The number of hydrogen-bond acceptors (Lipinski definition) is 2. The summed E-state index contributed by atoms with van der Waals surface area (Å²) in [6.07, 6.45) is 0. The Bertz CT molecular complexity index is 215. The van der Waals surface area contributed by atoms with Crippen LogP contribution in [0.25, 0.3) is 0 Å². The fraction of sp³-hybridized carbons (Fsp3) is 0.909. The molecule has 1 saturated heterocycles. The molecular formula is C11H25N3O2+2. The highest BCUT2D eigenvalue weighted by Gasteiger charge is 2.29. The quantitative estimate of drug-likeness (QED) is 0.431. The molecule has 16 heavy (non-hydrogen) atoms. The molecule has 5 nitrogen and oxygen atoms in total. The van der Waals surface area contributed by atoms with Gasteiger partial charge in [0, 0.05) is 13.7 Å². The Balaban J connectivity index is 2.27. The van der Waals surface area contributed by atoms with Gasteiger partial charge in [0.25, 0.3) is 5.91 Å². The highest BCUT2D eigenvalue weighted by molar-refractivity contribution is 5.79. The number of carbonyl (C=O) groups excluding carboxylic acids is 1. The van der Waals surface area contributed by atoms with Crippen molar-refractivity contribution in [2.24, 2.45) is 0 Å². The standard InChI is InChI=1S/C11H23N3O2/c1-10(11(15)12-4-9-16-3)14-7-5-13(2)6-8-14/h10H,4-9H2,1-3H3,(H,12,15)/p+2/t10-/m0/s1. The first-order valence-corrected chi connectivity index (χ1v) is 6.07. The van der Waals surface area contributed by atoms with Crippen LogP contribution in [0.3, 0.4) is 0 Å². The maximum Gasteiger partial charge on any atom is 0.278 e. The molecule has 1 rings (SSSR count). The molecule has 1 atom stereocenters. The van der Waals surface area contributed by atoms with Crippen molar-refractivity contribution in [1.29, 1.82) is 0 Å². The first-order valence-electron chi connectivity index (χ1n) is 6.07. The van der Waals surface area contributed by atoms with Crippen molar-refractivity contribution < 1.29 is 19.3 Å². The minimum absolute atomic E-state index is 0.0601. The number of nitrogens with one attached hydrogen (secondary N) is 3. The van der Waals surface area contributed by atoms with Crippen molar-refractivity contribution >= 4 is 5.91 Å². The average Bonchev–Trinajstić information content (AvgIpc) is 2.29. The molecule has 3 N–H and O–H groups in total. The maximum atomic E-state index is 11.8. The number of hydrogen-bond donors (Lipinski definition) is 3. The van der Waals surface area contributed by atoms with E-state index < -0.39 is 0 Å². The summed E-state index contributed by atoms with van der Waals surface area (Å²) in [6, 6.07) is 0.0601. The lowest BCUT2D eigenvalue weighted by atomic mass is 10.2. The molecule has 0 aromatic heterocycles. The predicted octanol–water partition coefficient (Wildman–Crippen LogP) is -3.45. The van der Waals surface area contributed by atoms with Crippen LogP contribution in [0.2, 0.25) is 0 Å². The summed E-state index contributed by atoms with van der Waals surface area (Å²) in [6.45, 7) is 7.70. The van der Waals surface area contributed by atoms with Crippen molar-refractivity contribution in [3.63, 3.8) is 0 Å². The van der Waals surface area contributed by atoms with Gasteiger partial charge in [-0.3, -0.25) is 4.79 Å². The summed E-state index contributed by atoms with van der Waals surface area (Å²) in [4.78, 5) is 14.8. The third-order valence-electron chi connectivity index (χ3n) is 3.36. The van der Waals surface area contributed by atoms with Crippen LogP contribution < -0.4 is 15.1 Å². The number of likely N-dealkylation sites (N-methyl/N-ethyl adjacent to an activating group) is 1. The number of methoxy groups -OCH3 is 1. The lowest BCUT2D eigenvalue weighted by molar-refractivity contribution is -1.01. The van der Waals surface area contributed by atoms with Crippen molar-refractivity contribution in [2.75, 3.05) is 53.5 Å². The molecule has 5 heteroatoms. The van der Waals surface area contributed by atoms with E-state index in [2.05, 4.69) is 12.4 Å². The van der Waals surface area contributed by atoms with Crippen molar-refractivity contribution in [3.8, 4) is 0 Å². The van der Waals surface area contributed by atoms with Gasteiger partial charge in [0.1, 0.15) is 26.2 Å². The maximum absolute atomic E-state index is 11.8. The molecule has 0 aromatic rings. The molecule has 0 saturated carbocycles. The molecule has 0 radical (unpaired) electrons. The Morgan fingerprint density at radius 3 is 2.56 bits per heavy atom. The summed E-state index contributed by atoms with van der Waals surface area (Å²) >= 11 is 0. The molecule has 0 spiro atoms. The SMILES string of the molecule is COCCNC(=O)[C@H](C)[NH+]1CC[NH+](C)CC1. The summed E-state index contributed by atoms with van der Waals surface area (Å²) in [5.41, 5.74) is 0. The summed E-state index contributed by atoms with van der Waals surface area (Å²) < 4.78 is 4.91. The predicted molar refractivity (Wildman–Crippen MR) is 61.7 cm³/mol. The monoisotopic (exact) mass is 231 g/mol. The number of ether oxygens (including phenoxy) is 1. The Morgan fingerprint density at radius 1 is 1.38 bits per heavy atom. The lowest BCUT2D eigenvalue weighted by Gasteiger charge is -2.30. The van der Waals surface area contributed by atoms with E-state index >= 15 is 0 Å². The summed E-state index contributed by atoms with van der Waals surface area (Å²) in [5.74, 6) is 0.145. The average molecular weight is 231 g/mol. The molecule has 94 valence electrons. The second kappa shape index (κ2) is 6.83. The Morgan fingerprint density at radius 2 is 2.00 bits per heavy atom. The van der Waals surface area contributed by atoms with Gasteiger partial charge in [0.15, 0.2) is 6.04 Å². The van der Waals surface area contributed by atoms with E-state index in [1.165, 1.54) is 4.90 Å². The van der Waals surface area contributed by atoms with Crippen molar-refractivity contribution in [3.05, 3.63) is 0 Å². The van der Waals surface area contributed by atoms with Crippen LogP contribution in [-0.2, 0) is 9.53 Å². The first-order chi connectivity index (χ1) is 7.65. The molecule has 1 aliphatic heterocycles. The van der Waals surface area contributed by atoms with Gasteiger partial charge in [-0.25, -0.2) is 0 Å². The third kappa shape index (κ3) is 4.08. The van der Waals surface area contributed by atoms with Gasteiger partial charge >= 0.3 is 0 Å². The van der Waals surface area contributed by atoms with Crippen LogP contribution in [0, 0.1) is 0 Å². The summed E-state index contributed by atoms with van der Waals surface area (Å²) in [7, 11) is 3.85. The van der Waals surface area contributed by atoms with Crippen molar-refractivity contribution in [1.82, 2.24) is 5.32 Å². The van der Waals surface area contributed by atoms with Gasteiger partial charge in [-0.1, -0.05) is 0 Å². The molecule has 1 fully saturated rings. The fourth-order valence-corrected chi connectivity index (χ4v) is 2.05. The zero-order valence-corrected chi connectivity index (χ0v) is 10.6. The zero-order chi connectivity index (χ0) is 12.0. The molecule has 0 unspecified atom stereocenters. The van der Waals surface area contributed by atoms with Crippen LogP contribution in [0.4, 0.5) is 0 Å². The molecular weight excluding hydrogens is 206 g/mol. The zero-order valence-electron chi connectivity index (χ0n) is 10.6. The lowest BCUT2D eigenvalue weighted by Crippen LogP contribution is -3.29. The number of amides is 1. The van der Waals surface area contributed by atoms with Crippen molar-refractivity contribution in [2.45, 2.75) is 13.0 Å². The van der Waals surface area contributed by atoms with Gasteiger partial charge in [0.2, 0.25) is 0 Å². The normalized spacial score (nSPS) is 27.4. The number of piperazine rings is 1. The third-order valence-corrected chi connectivity index (χ3v) is 3.36. The van der Waals surface area contributed by atoms with E-state index in [0.29, 0.717) is 13.2 Å². The Kier molecular flexibility index (Phi) is 5.73. The summed E-state index contributed by atoms with van der Waals surface area (Å²) in [5, 5.41) is 2.90. The van der Waals surface area contributed by atoms with Gasteiger partial charge in [-0.05, 0) is 6.92 Å². The van der Waals surface area contributed by atoms with Gasteiger partial charge < -0.3 is 19.9 Å². The molecule has 1 amide bonds.